The highest BCUT2D eigenvalue weighted by Crippen LogP contribution is 2.35. The lowest BCUT2D eigenvalue weighted by atomic mass is 9.90. The van der Waals surface area contributed by atoms with Crippen LogP contribution < -0.4 is 0 Å². The molecular weight excluding hydrogens is 348 g/mol. The van der Waals surface area contributed by atoms with Gasteiger partial charge in [0.15, 0.2) is 0 Å². The molecule has 4 heterocycles. The number of piperidine rings is 1. The van der Waals surface area contributed by atoms with Crippen molar-refractivity contribution in [3.05, 3.63) is 0 Å². The van der Waals surface area contributed by atoms with Gasteiger partial charge in [-0.2, -0.15) is 11.8 Å². The fraction of sp³-hybridized carbons (Fsp3) is 0.947. The molecule has 4 saturated heterocycles. The molecule has 4 aliphatic rings. The molecule has 1 atom stereocenters. The lowest BCUT2D eigenvalue weighted by Gasteiger charge is -2.40. The second-order valence-corrected chi connectivity index (χ2v) is 9.45. The molecule has 4 aliphatic heterocycles. The predicted molar refractivity (Wildman–Crippen MR) is 106 cm³/mol. The number of nitrogens with zero attached hydrogens (tertiary/aromatic N) is 4. The molecule has 26 heavy (non-hydrogen) atoms. The van der Waals surface area contributed by atoms with Crippen LogP contribution in [0.2, 0.25) is 0 Å². The molecule has 0 aliphatic carbocycles. The van der Waals surface area contributed by atoms with E-state index in [0.29, 0.717) is 0 Å². The molecule has 0 bridgehead atoms. The number of likely N-dealkylation sites (N-methyl/N-ethyl adjacent to an activating group) is 1. The summed E-state index contributed by atoms with van der Waals surface area (Å²) in [6.07, 6.45) is 3.26. The molecule has 0 N–H and O–H groups in total. The number of rotatable bonds is 5. The van der Waals surface area contributed by atoms with Gasteiger partial charge in [-0.3, -0.25) is 9.80 Å². The molecular formula is C19H34N4O2S. The van der Waals surface area contributed by atoms with E-state index in [1.54, 1.807) is 0 Å². The summed E-state index contributed by atoms with van der Waals surface area (Å²) < 4.78 is 5.92. The van der Waals surface area contributed by atoms with Crippen molar-refractivity contribution < 1.29 is 9.53 Å². The maximum absolute atomic E-state index is 12.4. The third-order valence-corrected chi connectivity index (χ3v) is 7.92. The molecule has 1 spiro atoms. The van der Waals surface area contributed by atoms with E-state index in [2.05, 4.69) is 33.4 Å². The van der Waals surface area contributed by atoms with Gasteiger partial charge in [0.2, 0.25) is 0 Å². The minimum atomic E-state index is -0.208. The van der Waals surface area contributed by atoms with Crippen LogP contribution in [0.4, 0.5) is 4.79 Å². The normalized spacial score (nSPS) is 31.0. The number of carbonyl (C=O) groups is 1. The van der Waals surface area contributed by atoms with Gasteiger partial charge in [-0.05, 0) is 18.7 Å². The quantitative estimate of drug-likeness (QED) is 0.716. The molecule has 148 valence electrons. The average molecular weight is 383 g/mol. The number of piperazine rings is 1. The van der Waals surface area contributed by atoms with E-state index < -0.39 is 0 Å². The fourth-order valence-corrected chi connectivity index (χ4v) is 6.08. The van der Waals surface area contributed by atoms with Gasteiger partial charge in [0.25, 0.3) is 0 Å². The fourth-order valence-electron chi connectivity index (χ4n) is 4.82. The first-order valence-electron chi connectivity index (χ1n) is 10.4. The molecule has 4 fully saturated rings. The standard InChI is InChI=1S/C19H34N4O2S/c1-2-20-8-10-21(11-9-20)12-13-23-16-19(25-18(23)24)4-6-22(7-5-19)17-3-14-26-15-17/h17H,2-16H2,1H3. The van der Waals surface area contributed by atoms with Gasteiger partial charge in [-0.1, -0.05) is 6.92 Å². The lowest BCUT2D eigenvalue weighted by molar-refractivity contribution is -0.00744. The van der Waals surface area contributed by atoms with E-state index in [9.17, 15) is 4.79 Å². The van der Waals surface area contributed by atoms with Crippen molar-refractivity contribution in [1.82, 2.24) is 19.6 Å². The van der Waals surface area contributed by atoms with Crippen LogP contribution in [0.3, 0.4) is 0 Å². The Kier molecular flexibility index (Phi) is 5.98. The summed E-state index contributed by atoms with van der Waals surface area (Å²) in [6.45, 7) is 12.7. The highest BCUT2D eigenvalue weighted by molar-refractivity contribution is 7.99. The van der Waals surface area contributed by atoms with Crippen molar-refractivity contribution in [1.29, 1.82) is 0 Å². The first kappa shape index (κ1) is 18.8. The Morgan fingerprint density at radius 1 is 1.08 bits per heavy atom. The SMILES string of the molecule is CCN1CCN(CCN2CC3(CCN(C4CCSC4)CC3)OC2=O)CC1. The highest BCUT2D eigenvalue weighted by atomic mass is 32.2. The maximum Gasteiger partial charge on any atom is 0.410 e. The zero-order valence-corrected chi connectivity index (χ0v) is 17.0. The number of ether oxygens (including phenoxy) is 1. The van der Waals surface area contributed by atoms with Gasteiger partial charge >= 0.3 is 6.09 Å². The number of hydrogen-bond donors (Lipinski definition) is 0. The molecule has 7 heteroatoms. The molecule has 0 radical (unpaired) electrons. The van der Waals surface area contributed by atoms with E-state index in [1.165, 1.54) is 17.9 Å². The highest BCUT2D eigenvalue weighted by Gasteiger charge is 2.47. The molecule has 1 amide bonds. The Bertz CT molecular complexity index is 484. The van der Waals surface area contributed by atoms with Crippen LogP contribution in [-0.4, -0.2) is 114 Å². The van der Waals surface area contributed by atoms with Gasteiger partial charge in [0.1, 0.15) is 5.60 Å². The van der Waals surface area contributed by atoms with Crippen molar-refractivity contribution >= 4 is 17.9 Å². The largest absolute Gasteiger partial charge is 0.441 e. The molecule has 0 aromatic rings. The third-order valence-electron chi connectivity index (χ3n) is 6.77. The topological polar surface area (TPSA) is 39.3 Å². The van der Waals surface area contributed by atoms with Crippen molar-refractivity contribution in [3.8, 4) is 0 Å². The lowest BCUT2D eigenvalue weighted by Crippen LogP contribution is -2.50. The first-order valence-corrected chi connectivity index (χ1v) is 11.6. The summed E-state index contributed by atoms with van der Waals surface area (Å²) in [5, 5.41) is 0. The van der Waals surface area contributed by atoms with Crippen LogP contribution in [0.15, 0.2) is 0 Å². The number of amides is 1. The number of carbonyl (C=O) groups excluding carboxylic acids is 1. The van der Waals surface area contributed by atoms with Crippen molar-refractivity contribution in [2.45, 2.75) is 37.8 Å². The average Bonchev–Trinajstić information content (AvgIpc) is 3.30. The summed E-state index contributed by atoms with van der Waals surface area (Å²) in [6, 6.07) is 0.757. The predicted octanol–water partition coefficient (Wildman–Crippen LogP) is 1.42. The van der Waals surface area contributed by atoms with Gasteiger partial charge in [-0.25, -0.2) is 4.79 Å². The van der Waals surface area contributed by atoms with Crippen LogP contribution in [0.5, 0.6) is 0 Å². The third kappa shape index (κ3) is 4.16. The Hall–Kier alpha value is -0.500. The summed E-state index contributed by atoms with van der Waals surface area (Å²) in [5.41, 5.74) is -0.208. The second kappa shape index (κ2) is 8.25. The molecule has 0 aromatic carbocycles. The first-order chi connectivity index (χ1) is 12.7. The number of likely N-dealkylation sites (tertiary alicyclic amines) is 1. The molecule has 0 aromatic heterocycles. The van der Waals surface area contributed by atoms with E-state index >= 15 is 0 Å². The van der Waals surface area contributed by atoms with Gasteiger partial charge < -0.3 is 14.5 Å². The molecule has 1 unspecified atom stereocenters. The Morgan fingerprint density at radius 2 is 1.81 bits per heavy atom. The Balaban J connectivity index is 1.22. The maximum atomic E-state index is 12.4. The zero-order chi connectivity index (χ0) is 18.0. The number of thioether (sulfide) groups is 1. The van der Waals surface area contributed by atoms with Crippen LogP contribution in [-0.2, 0) is 4.74 Å². The second-order valence-electron chi connectivity index (χ2n) is 8.30. The zero-order valence-electron chi connectivity index (χ0n) is 16.2. The van der Waals surface area contributed by atoms with Crippen LogP contribution >= 0.6 is 11.8 Å². The number of hydrogen-bond acceptors (Lipinski definition) is 6. The van der Waals surface area contributed by atoms with Crippen LogP contribution in [0, 0.1) is 0 Å². The van der Waals surface area contributed by atoms with Crippen LogP contribution in [0.1, 0.15) is 26.2 Å². The van der Waals surface area contributed by atoms with E-state index in [-0.39, 0.29) is 11.7 Å². The summed E-state index contributed by atoms with van der Waals surface area (Å²) >= 11 is 2.08. The summed E-state index contributed by atoms with van der Waals surface area (Å²) in [4.78, 5) is 22.0. The van der Waals surface area contributed by atoms with E-state index in [0.717, 1.165) is 84.3 Å². The minimum absolute atomic E-state index is 0.0814. The minimum Gasteiger partial charge on any atom is -0.441 e. The Morgan fingerprint density at radius 3 is 2.46 bits per heavy atom. The van der Waals surface area contributed by atoms with Crippen molar-refractivity contribution in [2.24, 2.45) is 0 Å². The van der Waals surface area contributed by atoms with E-state index in [4.69, 9.17) is 4.74 Å². The molecule has 0 saturated carbocycles. The summed E-state index contributed by atoms with van der Waals surface area (Å²) in [5.74, 6) is 2.59. The van der Waals surface area contributed by atoms with Gasteiger partial charge in [-0.15, -0.1) is 0 Å². The van der Waals surface area contributed by atoms with E-state index in [1.807, 2.05) is 4.90 Å². The molecule has 4 rings (SSSR count). The smallest absolute Gasteiger partial charge is 0.410 e. The van der Waals surface area contributed by atoms with Crippen LogP contribution in [0.25, 0.3) is 0 Å². The monoisotopic (exact) mass is 382 g/mol. The van der Waals surface area contributed by atoms with Gasteiger partial charge in [0, 0.05) is 77.0 Å². The molecule has 6 nitrogen and oxygen atoms in total. The van der Waals surface area contributed by atoms with Gasteiger partial charge in [0.05, 0.1) is 6.54 Å². The van der Waals surface area contributed by atoms with Crippen molar-refractivity contribution in [3.63, 3.8) is 0 Å². The Labute approximate surface area is 162 Å². The van der Waals surface area contributed by atoms with Crippen molar-refractivity contribution in [2.75, 3.05) is 77.0 Å². The summed E-state index contributed by atoms with van der Waals surface area (Å²) in [7, 11) is 0.